The highest BCUT2D eigenvalue weighted by molar-refractivity contribution is 5.90. The van der Waals surface area contributed by atoms with Gasteiger partial charge >= 0.3 is 0 Å². The molecule has 0 bridgehead atoms. The van der Waals surface area contributed by atoms with Crippen molar-refractivity contribution in [1.29, 1.82) is 0 Å². The van der Waals surface area contributed by atoms with Crippen LogP contribution >= 0.6 is 0 Å². The van der Waals surface area contributed by atoms with E-state index in [0.717, 1.165) is 12.2 Å². The van der Waals surface area contributed by atoms with Crippen LogP contribution in [0.1, 0.15) is 18.4 Å². The fourth-order valence-electron chi connectivity index (χ4n) is 2.52. The van der Waals surface area contributed by atoms with E-state index in [0.29, 0.717) is 19.4 Å². The van der Waals surface area contributed by atoms with Crippen molar-refractivity contribution in [2.24, 2.45) is 0 Å². The van der Waals surface area contributed by atoms with E-state index in [1.54, 1.807) is 0 Å². The van der Waals surface area contributed by atoms with Crippen LogP contribution in [0.25, 0.3) is 0 Å². The van der Waals surface area contributed by atoms with Crippen molar-refractivity contribution in [1.82, 2.24) is 10.6 Å². The lowest BCUT2D eigenvalue weighted by atomic mass is 10.1. The molecule has 2 amide bonds. The number of amides is 2. The molecule has 5 nitrogen and oxygen atoms in total. The summed E-state index contributed by atoms with van der Waals surface area (Å²) in [5.41, 5.74) is 1.18. The first-order chi connectivity index (χ1) is 9.22. The van der Waals surface area contributed by atoms with Crippen LogP contribution in [0.2, 0.25) is 0 Å². The van der Waals surface area contributed by atoms with Gasteiger partial charge in [0.1, 0.15) is 17.9 Å². The largest absolute Gasteiger partial charge is 0.488 e. The summed E-state index contributed by atoms with van der Waals surface area (Å²) in [6.07, 6.45) is 1.81. The van der Waals surface area contributed by atoms with E-state index < -0.39 is 0 Å². The van der Waals surface area contributed by atoms with Crippen LogP contribution in [-0.4, -0.2) is 30.5 Å². The third-order valence-electron chi connectivity index (χ3n) is 3.53. The minimum Gasteiger partial charge on any atom is -0.488 e. The van der Waals surface area contributed by atoms with Gasteiger partial charge in [0, 0.05) is 12.8 Å². The normalized spacial score (nSPS) is 24.5. The molecule has 5 heteroatoms. The third-order valence-corrected chi connectivity index (χ3v) is 3.53. The van der Waals surface area contributed by atoms with Crippen molar-refractivity contribution in [3.63, 3.8) is 0 Å². The molecular weight excluding hydrogens is 244 g/mol. The van der Waals surface area contributed by atoms with Crippen LogP contribution in [0, 0.1) is 0 Å². The maximum absolute atomic E-state index is 11.8. The summed E-state index contributed by atoms with van der Waals surface area (Å²) in [6.45, 7) is 0.472. The van der Waals surface area contributed by atoms with E-state index >= 15 is 0 Å². The van der Waals surface area contributed by atoms with Gasteiger partial charge in [-0.2, -0.15) is 0 Å². The molecule has 1 aromatic carbocycles. The number of nitrogens with one attached hydrogen (secondary N) is 2. The number of carbonyl (C=O) groups is 2. The summed E-state index contributed by atoms with van der Waals surface area (Å²) >= 11 is 0. The standard InChI is InChI=1S/C14H16N2O3/c17-13-6-5-11(16-13)14(18)15-8-10-7-9-3-1-2-4-12(9)19-10/h1-4,10-11H,5-8H2,(H,15,18)(H,16,17)/t10-,11+/m1/s1. The number of benzene rings is 1. The van der Waals surface area contributed by atoms with Crippen LogP contribution in [0.4, 0.5) is 0 Å². The average molecular weight is 260 g/mol. The highest BCUT2D eigenvalue weighted by Gasteiger charge is 2.28. The summed E-state index contributed by atoms with van der Waals surface area (Å²) in [4.78, 5) is 22.9. The van der Waals surface area contributed by atoms with Gasteiger partial charge in [-0.1, -0.05) is 18.2 Å². The maximum atomic E-state index is 11.8. The molecule has 2 atom stereocenters. The first kappa shape index (κ1) is 12.0. The van der Waals surface area contributed by atoms with Gasteiger partial charge in [-0.05, 0) is 18.1 Å². The Hall–Kier alpha value is -2.04. The fourth-order valence-corrected chi connectivity index (χ4v) is 2.52. The summed E-state index contributed by atoms with van der Waals surface area (Å²) in [7, 11) is 0. The smallest absolute Gasteiger partial charge is 0.242 e. The van der Waals surface area contributed by atoms with E-state index in [1.807, 2.05) is 24.3 Å². The van der Waals surface area contributed by atoms with Gasteiger partial charge in [0.2, 0.25) is 11.8 Å². The van der Waals surface area contributed by atoms with Gasteiger partial charge < -0.3 is 15.4 Å². The van der Waals surface area contributed by atoms with Crippen molar-refractivity contribution < 1.29 is 14.3 Å². The molecule has 0 radical (unpaired) electrons. The van der Waals surface area contributed by atoms with Crippen LogP contribution in [-0.2, 0) is 16.0 Å². The minimum atomic E-state index is -0.378. The Labute approximate surface area is 111 Å². The van der Waals surface area contributed by atoms with Gasteiger partial charge in [-0.15, -0.1) is 0 Å². The number of carbonyl (C=O) groups excluding carboxylic acids is 2. The van der Waals surface area contributed by atoms with E-state index in [4.69, 9.17) is 4.74 Å². The number of rotatable bonds is 3. The molecule has 3 rings (SSSR count). The van der Waals surface area contributed by atoms with Crippen LogP contribution in [0.15, 0.2) is 24.3 Å². The first-order valence-corrected chi connectivity index (χ1v) is 6.54. The molecule has 1 saturated heterocycles. The Morgan fingerprint density at radius 3 is 3.00 bits per heavy atom. The summed E-state index contributed by atoms with van der Waals surface area (Å²) < 4.78 is 5.74. The molecule has 2 heterocycles. The number of fused-ring (bicyclic) bond motifs is 1. The number of hydrogen-bond donors (Lipinski definition) is 2. The molecule has 100 valence electrons. The Balaban J connectivity index is 1.49. The lowest BCUT2D eigenvalue weighted by molar-refractivity contribution is -0.126. The second kappa shape index (κ2) is 4.91. The molecule has 1 aromatic rings. The molecule has 1 fully saturated rings. The lowest BCUT2D eigenvalue weighted by Crippen LogP contribution is -2.44. The summed E-state index contributed by atoms with van der Waals surface area (Å²) in [5.74, 6) is 0.728. The quantitative estimate of drug-likeness (QED) is 0.826. The Bertz CT molecular complexity index is 490. The number of hydrogen-bond acceptors (Lipinski definition) is 3. The monoisotopic (exact) mass is 260 g/mol. The Kier molecular flexibility index (Phi) is 3.11. The van der Waals surface area contributed by atoms with Crippen molar-refractivity contribution in [3.05, 3.63) is 29.8 Å². The van der Waals surface area contributed by atoms with Gasteiger partial charge in [0.15, 0.2) is 0 Å². The van der Waals surface area contributed by atoms with Gasteiger partial charge in [0.25, 0.3) is 0 Å². The second-order valence-corrected chi connectivity index (χ2v) is 4.96. The topological polar surface area (TPSA) is 67.4 Å². The van der Waals surface area contributed by atoms with Crippen molar-refractivity contribution in [3.8, 4) is 5.75 Å². The average Bonchev–Trinajstić information content (AvgIpc) is 3.01. The number of para-hydroxylation sites is 1. The Morgan fingerprint density at radius 2 is 2.26 bits per heavy atom. The summed E-state index contributed by atoms with van der Waals surface area (Å²) in [5, 5.41) is 5.50. The van der Waals surface area contributed by atoms with Crippen LogP contribution in [0.3, 0.4) is 0 Å². The minimum absolute atomic E-state index is 0.0153. The van der Waals surface area contributed by atoms with Gasteiger partial charge in [-0.3, -0.25) is 9.59 Å². The SMILES string of the molecule is O=C1CC[C@@H](C(=O)NC[C@H]2Cc3ccccc3O2)N1. The predicted octanol–water partition coefficient (Wildman–Crippen LogP) is 0.385. The van der Waals surface area contributed by atoms with Crippen molar-refractivity contribution in [2.75, 3.05) is 6.54 Å². The highest BCUT2D eigenvalue weighted by atomic mass is 16.5. The molecule has 2 aliphatic rings. The van der Waals surface area contributed by atoms with E-state index in [-0.39, 0.29) is 24.0 Å². The fraction of sp³-hybridized carbons (Fsp3) is 0.429. The first-order valence-electron chi connectivity index (χ1n) is 6.54. The van der Waals surface area contributed by atoms with Crippen molar-refractivity contribution in [2.45, 2.75) is 31.4 Å². The molecule has 2 aliphatic heterocycles. The zero-order valence-electron chi connectivity index (χ0n) is 10.5. The molecule has 2 N–H and O–H groups in total. The van der Waals surface area contributed by atoms with Crippen molar-refractivity contribution >= 4 is 11.8 Å². The zero-order chi connectivity index (χ0) is 13.2. The maximum Gasteiger partial charge on any atom is 0.242 e. The van der Waals surface area contributed by atoms with Crippen LogP contribution < -0.4 is 15.4 Å². The molecule has 0 saturated carbocycles. The molecular formula is C14H16N2O3. The van der Waals surface area contributed by atoms with Crippen LogP contribution in [0.5, 0.6) is 5.75 Å². The predicted molar refractivity (Wildman–Crippen MR) is 68.7 cm³/mol. The number of ether oxygens (including phenoxy) is 1. The Morgan fingerprint density at radius 1 is 1.42 bits per heavy atom. The van der Waals surface area contributed by atoms with Gasteiger partial charge in [-0.25, -0.2) is 0 Å². The molecule has 0 unspecified atom stereocenters. The lowest BCUT2D eigenvalue weighted by Gasteiger charge is -2.14. The molecule has 19 heavy (non-hydrogen) atoms. The van der Waals surface area contributed by atoms with Gasteiger partial charge in [0.05, 0.1) is 6.54 Å². The third kappa shape index (κ3) is 2.54. The van der Waals surface area contributed by atoms with E-state index in [1.165, 1.54) is 5.56 Å². The highest BCUT2D eigenvalue weighted by Crippen LogP contribution is 2.27. The second-order valence-electron chi connectivity index (χ2n) is 4.96. The molecule has 0 spiro atoms. The molecule has 0 aliphatic carbocycles. The molecule has 0 aromatic heterocycles. The van der Waals surface area contributed by atoms with E-state index in [9.17, 15) is 9.59 Å². The van der Waals surface area contributed by atoms with E-state index in [2.05, 4.69) is 10.6 Å². The zero-order valence-corrected chi connectivity index (χ0v) is 10.5. The summed E-state index contributed by atoms with van der Waals surface area (Å²) in [6, 6.07) is 7.52.